The van der Waals surface area contributed by atoms with E-state index < -0.39 is 0 Å². The molecular formula is C15H13BrS2. The van der Waals surface area contributed by atoms with Crippen LogP contribution in [0.4, 0.5) is 0 Å². The lowest BCUT2D eigenvalue weighted by atomic mass is 10.0. The first-order chi connectivity index (χ1) is 8.83. The lowest BCUT2D eigenvalue weighted by molar-refractivity contribution is 0.896. The second-order valence-corrected chi connectivity index (χ2v) is 7.38. The molecule has 0 radical (unpaired) electrons. The maximum absolute atomic E-state index is 3.47. The van der Waals surface area contributed by atoms with E-state index in [2.05, 4.69) is 64.5 Å². The third-order valence-corrected chi connectivity index (χ3v) is 6.02. The summed E-state index contributed by atoms with van der Waals surface area (Å²) < 4.78 is 1.15. The fraction of sp³-hybridized carbons (Fsp3) is 0.200. The van der Waals surface area contributed by atoms with E-state index in [1.807, 2.05) is 23.5 Å². The summed E-state index contributed by atoms with van der Waals surface area (Å²) in [4.78, 5) is 2.83. The summed E-state index contributed by atoms with van der Waals surface area (Å²) in [5, 5.41) is 0. The third kappa shape index (κ3) is 2.79. The van der Waals surface area contributed by atoms with E-state index in [1.165, 1.54) is 26.9 Å². The molecule has 0 amide bonds. The smallest absolute Gasteiger partial charge is 0.0176 e. The van der Waals surface area contributed by atoms with Crippen LogP contribution in [0.5, 0.6) is 0 Å². The van der Waals surface area contributed by atoms with E-state index in [0.717, 1.165) is 4.47 Å². The van der Waals surface area contributed by atoms with Gasteiger partial charge >= 0.3 is 0 Å². The highest BCUT2D eigenvalue weighted by Crippen LogP contribution is 2.41. The molecule has 3 heteroatoms. The standard InChI is InChI=1S/C15H13BrS2/c16-12-5-7-13(8-6-12)17-9-11-10-18-15-4-2-1-3-14(11)15/h1-8,11H,9-10H2. The Morgan fingerprint density at radius 2 is 1.89 bits per heavy atom. The molecular weight excluding hydrogens is 324 g/mol. The van der Waals surface area contributed by atoms with Gasteiger partial charge in [0.1, 0.15) is 0 Å². The summed E-state index contributed by atoms with van der Waals surface area (Å²) in [5.74, 6) is 3.09. The highest BCUT2D eigenvalue weighted by atomic mass is 79.9. The van der Waals surface area contributed by atoms with E-state index in [4.69, 9.17) is 0 Å². The molecule has 0 N–H and O–H groups in total. The molecule has 2 aromatic rings. The van der Waals surface area contributed by atoms with E-state index >= 15 is 0 Å². The predicted molar refractivity (Wildman–Crippen MR) is 84.8 cm³/mol. The molecule has 0 bridgehead atoms. The first-order valence-corrected chi connectivity index (χ1v) is 8.69. The number of fused-ring (bicyclic) bond motifs is 1. The average Bonchev–Trinajstić information content (AvgIpc) is 2.82. The molecule has 0 saturated carbocycles. The lowest BCUT2D eigenvalue weighted by Crippen LogP contribution is -1.99. The van der Waals surface area contributed by atoms with Crippen LogP contribution >= 0.6 is 39.5 Å². The van der Waals surface area contributed by atoms with Gasteiger partial charge < -0.3 is 0 Å². The normalized spacial score (nSPS) is 17.7. The van der Waals surface area contributed by atoms with Crippen molar-refractivity contribution in [1.29, 1.82) is 0 Å². The molecule has 1 atom stereocenters. The molecule has 0 spiro atoms. The van der Waals surface area contributed by atoms with Crippen LogP contribution < -0.4 is 0 Å². The minimum absolute atomic E-state index is 0.694. The van der Waals surface area contributed by atoms with Crippen molar-refractivity contribution in [2.75, 3.05) is 11.5 Å². The Labute approximate surface area is 125 Å². The van der Waals surface area contributed by atoms with Gasteiger partial charge in [-0.3, -0.25) is 0 Å². The molecule has 1 unspecified atom stereocenters. The monoisotopic (exact) mass is 336 g/mol. The van der Waals surface area contributed by atoms with Gasteiger partial charge in [-0.05, 0) is 35.9 Å². The highest BCUT2D eigenvalue weighted by molar-refractivity contribution is 9.10. The molecule has 92 valence electrons. The fourth-order valence-electron chi connectivity index (χ4n) is 2.09. The first kappa shape index (κ1) is 12.6. The van der Waals surface area contributed by atoms with Gasteiger partial charge in [0, 0.05) is 31.7 Å². The molecule has 0 aromatic heterocycles. The summed E-state index contributed by atoms with van der Waals surface area (Å²) in [6.07, 6.45) is 0. The van der Waals surface area contributed by atoms with Crippen molar-refractivity contribution in [1.82, 2.24) is 0 Å². The number of benzene rings is 2. The molecule has 0 aliphatic carbocycles. The molecule has 0 nitrogen and oxygen atoms in total. The van der Waals surface area contributed by atoms with E-state index in [9.17, 15) is 0 Å². The van der Waals surface area contributed by atoms with Crippen LogP contribution in [0.1, 0.15) is 11.5 Å². The predicted octanol–water partition coefficient (Wildman–Crippen LogP) is 5.43. The van der Waals surface area contributed by atoms with Crippen molar-refractivity contribution in [2.24, 2.45) is 0 Å². The van der Waals surface area contributed by atoms with E-state index in [0.29, 0.717) is 5.92 Å². The van der Waals surface area contributed by atoms with Crippen LogP contribution in [-0.4, -0.2) is 11.5 Å². The van der Waals surface area contributed by atoms with Gasteiger partial charge in [0.2, 0.25) is 0 Å². The van der Waals surface area contributed by atoms with Crippen LogP contribution in [0.25, 0.3) is 0 Å². The molecule has 1 heterocycles. The lowest BCUT2D eigenvalue weighted by Gasteiger charge is -2.10. The van der Waals surface area contributed by atoms with Gasteiger partial charge in [0.25, 0.3) is 0 Å². The zero-order chi connectivity index (χ0) is 12.4. The Morgan fingerprint density at radius 3 is 2.72 bits per heavy atom. The summed E-state index contributed by atoms with van der Waals surface area (Å²) in [6, 6.07) is 17.4. The van der Waals surface area contributed by atoms with Gasteiger partial charge in [-0.25, -0.2) is 0 Å². The average molecular weight is 337 g/mol. The first-order valence-electron chi connectivity index (χ1n) is 5.93. The number of halogens is 1. The summed E-state index contributed by atoms with van der Waals surface area (Å²) in [6.45, 7) is 0. The minimum Gasteiger partial charge on any atom is -0.125 e. The van der Waals surface area contributed by atoms with Crippen molar-refractivity contribution < 1.29 is 0 Å². The fourth-order valence-corrected chi connectivity index (χ4v) is 4.78. The van der Waals surface area contributed by atoms with Gasteiger partial charge in [-0.2, -0.15) is 0 Å². The Balaban J connectivity index is 1.67. The maximum Gasteiger partial charge on any atom is 0.0176 e. The van der Waals surface area contributed by atoms with Gasteiger partial charge in [0.05, 0.1) is 0 Å². The van der Waals surface area contributed by atoms with Crippen LogP contribution in [0.3, 0.4) is 0 Å². The van der Waals surface area contributed by atoms with E-state index in [-0.39, 0.29) is 0 Å². The molecule has 0 fully saturated rings. The number of hydrogen-bond donors (Lipinski definition) is 0. The highest BCUT2D eigenvalue weighted by Gasteiger charge is 2.22. The Bertz CT molecular complexity index is 536. The Kier molecular flexibility index (Phi) is 4.02. The Morgan fingerprint density at radius 1 is 1.11 bits per heavy atom. The largest absolute Gasteiger partial charge is 0.125 e. The van der Waals surface area contributed by atoms with Crippen molar-refractivity contribution in [3.05, 3.63) is 58.6 Å². The Hall–Kier alpha value is -0.380. The maximum atomic E-state index is 3.47. The van der Waals surface area contributed by atoms with E-state index in [1.54, 1.807) is 0 Å². The van der Waals surface area contributed by atoms with Crippen LogP contribution in [0.15, 0.2) is 62.8 Å². The topological polar surface area (TPSA) is 0 Å². The van der Waals surface area contributed by atoms with Crippen molar-refractivity contribution >= 4 is 39.5 Å². The van der Waals surface area contributed by atoms with Crippen LogP contribution in [0, 0.1) is 0 Å². The van der Waals surface area contributed by atoms with Crippen LogP contribution in [-0.2, 0) is 0 Å². The SMILES string of the molecule is Brc1ccc(SCC2CSc3ccccc32)cc1. The van der Waals surface area contributed by atoms with Gasteiger partial charge in [-0.15, -0.1) is 23.5 Å². The molecule has 1 aliphatic rings. The molecule has 18 heavy (non-hydrogen) atoms. The second-order valence-electron chi connectivity index (χ2n) is 4.31. The molecule has 3 rings (SSSR count). The van der Waals surface area contributed by atoms with Crippen molar-refractivity contribution in [2.45, 2.75) is 15.7 Å². The van der Waals surface area contributed by atoms with Gasteiger partial charge in [0.15, 0.2) is 0 Å². The summed E-state index contributed by atoms with van der Waals surface area (Å²) >= 11 is 7.42. The quantitative estimate of drug-likeness (QED) is 0.685. The molecule has 2 aromatic carbocycles. The molecule has 1 aliphatic heterocycles. The van der Waals surface area contributed by atoms with Crippen molar-refractivity contribution in [3.63, 3.8) is 0 Å². The zero-order valence-corrected chi connectivity index (χ0v) is 13.0. The number of thioether (sulfide) groups is 2. The second kappa shape index (κ2) is 5.72. The minimum atomic E-state index is 0.694. The third-order valence-electron chi connectivity index (χ3n) is 3.06. The zero-order valence-electron chi connectivity index (χ0n) is 9.80. The van der Waals surface area contributed by atoms with Crippen molar-refractivity contribution in [3.8, 4) is 0 Å². The number of rotatable bonds is 3. The molecule has 0 saturated heterocycles. The summed E-state index contributed by atoms with van der Waals surface area (Å²) in [7, 11) is 0. The number of hydrogen-bond acceptors (Lipinski definition) is 2. The van der Waals surface area contributed by atoms with Crippen LogP contribution in [0.2, 0.25) is 0 Å². The van der Waals surface area contributed by atoms with Gasteiger partial charge in [-0.1, -0.05) is 34.1 Å². The summed E-state index contributed by atoms with van der Waals surface area (Å²) in [5.41, 5.74) is 1.53.